The van der Waals surface area contributed by atoms with Crippen LogP contribution in [0.2, 0.25) is 0 Å². The van der Waals surface area contributed by atoms with E-state index in [9.17, 15) is 9.59 Å². The van der Waals surface area contributed by atoms with Crippen LogP contribution >= 0.6 is 0 Å². The number of hydrogen-bond acceptors (Lipinski definition) is 4. The summed E-state index contributed by atoms with van der Waals surface area (Å²) in [6.45, 7) is 6.83. The number of carbonyl (C=O) groups is 2. The highest BCUT2D eigenvalue weighted by Gasteiger charge is 2.24. The summed E-state index contributed by atoms with van der Waals surface area (Å²) in [6.07, 6.45) is 1.28. The molecule has 0 saturated carbocycles. The van der Waals surface area contributed by atoms with E-state index >= 15 is 0 Å². The molecule has 152 valence electrons. The smallest absolute Gasteiger partial charge is 0.255 e. The Kier molecular flexibility index (Phi) is 5.92. The number of anilines is 2. The van der Waals surface area contributed by atoms with E-state index in [1.165, 1.54) is 5.56 Å². The lowest BCUT2D eigenvalue weighted by molar-refractivity contribution is -0.118. The monoisotopic (exact) mass is 393 g/mol. The summed E-state index contributed by atoms with van der Waals surface area (Å²) < 4.78 is 5.40. The number of amides is 2. The van der Waals surface area contributed by atoms with Gasteiger partial charge in [0, 0.05) is 49.5 Å². The molecule has 2 aromatic rings. The molecule has 0 spiro atoms. The molecule has 29 heavy (non-hydrogen) atoms. The van der Waals surface area contributed by atoms with Gasteiger partial charge in [-0.2, -0.15) is 0 Å². The normalized spacial score (nSPS) is 16.5. The molecule has 1 saturated heterocycles. The van der Waals surface area contributed by atoms with Crippen LogP contribution in [0, 0.1) is 0 Å². The zero-order valence-corrected chi connectivity index (χ0v) is 16.8. The summed E-state index contributed by atoms with van der Waals surface area (Å²) in [5.74, 6) is -0.00498. The number of ether oxygens (including phenoxy) is 1. The lowest BCUT2D eigenvalue weighted by Gasteiger charge is -2.26. The fraction of sp³-hybridized carbons (Fsp3) is 0.391. The van der Waals surface area contributed by atoms with Gasteiger partial charge in [-0.25, -0.2) is 0 Å². The molecule has 0 atom stereocenters. The summed E-state index contributed by atoms with van der Waals surface area (Å²) in [7, 11) is 0. The van der Waals surface area contributed by atoms with Crippen LogP contribution in [0.25, 0.3) is 0 Å². The second-order valence-electron chi connectivity index (χ2n) is 7.54. The van der Waals surface area contributed by atoms with Crippen molar-refractivity contribution in [3.63, 3.8) is 0 Å². The van der Waals surface area contributed by atoms with E-state index in [0.717, 1.165) is 56.2 Å². The number of rotatable bonds is 5. The van der Waals surface area contributed by atoms with Crippen molar-refractivity contribution in [2.24, 2.45) is 0 Å². The molecular weight excluding hydrogens is 366 g/mol. The third kappa shape index (κ3) is 4.49. The number of fused-ring (bicyclic) bond motifs is 1. The molecule has 2 heterocycles. The quantitative estimate of drug-likeness (QED) is 0.848. The van der Waals surface area contributed by atoms with Gasteiger partial charge < -0.3 is 15.0 Å². The number of morpholine rings is 1. The van der Waals surface area contributed by atoms with Gasteiger partial charge in [-0.3, -0.25) is 14.5 Å². The zero-order valence-electron chi connectivity index (χ0n) is 16.8. The average molecular weight is 393 g/mol. The molecule has 0 aliphatic carbocycles. The summed E-state index contributed by atoms with van der Waals surface area (Å²) in [6, 6.07) is 13.6. The molecule has 6 heteroatoms. The average Bonchev–Trinajstić information content (AvgIpc) is 3.17. The van der Waals surface area contributed by atoms with Crippen molar-refractivity contribution in [2.75, 3.05) is 43.1 Å². The van der Waals surface area contributed by atoms with Gasteiger partial charge in [-0.15, -0.1) is 0 Å². The molecule has 2 amide bonds. The van der Waals surface area contributed by atoms with Gasteiger partial charge in [0.25, 0.3) is 5.91 Å². The first-order valence-electron chi connectivity index (χ1n) is 10.3. The predicted octanol–water partition coefficient (Wildman–Crippen LogP) is 3.07. The molecule has 2 aliphatic rings. The fourth-order valence-corrected chi connectivity index (χ4v) is 3.96. The number of nitrogens with one attached hydrogen (secondary N) is 1. The number of nitrogens with zero attached hydrogens (tertiary/aromatic N) is 2. The highest BCUT2D eigenvalue weighted by Crippen LogP contribution is 2.29. The van der Waals surface area contributed by atoms with Crippen molar-refractivity contribution >= 4 is 23.2 Å². The van der Waals surface area contributed by atoms with Crippen LogP contribution in [0.15, 0.2) is 42.5 Å². The second kappa shape index (κ2) is 8.76. The molecular formula is C23H27N3O3. The molecule has 0 aromatic heterocycles. The minimum absolute atomic E-state index is 0.123. The Balaban J connectivity index is 1.43. The molecule has 4 rings (SSSR count). The molecule has 6 nitrogen and oxygen atoms in total. The molecule has 0 bridgehead atoms. The first-order chi connectivity index (χ1) is 14.1. The van der Waals surface area contributed by atoms with Gasteiger partial charge in [0.05, 0.1) is 13.2 Å². The Morgan fingerprint density at radius 1 is 1.07 bits per heavy atom. The van der Waals surface area contributed by atoms with E-state index in [1.807, 2.05) is 42.2 Å². The first kappa shape index (κ1) is 19.6. The van der Waals surface area contributed by atoms with Crippen molar-refractivity contribution < 1.29 is 14.3 Å². The van der Waals surface area contributed by atoms with E-state index in [1.54, 1.807) is 6.07 Å². The van der Waals surface area contributed by atoms with Gasteiger partial charge in [0.2, 0.25) is 5.91 Å². The molecule has 1 N–H and O–H groups in total. The van der Waals surface area contributed by atoms with Crippen LogP contribution in [0.5, 0.6) is 0 Å². The minimum Gasteiger partial charge on any atom is -0.379 e. The van der Waals surface area contributed by atoms with Gasteiger partial charge >= 0.3 is 0 Å². The molecule has 2 aliphatic heterocycles. The Hall–Kier alpha value is -2.70. The second-order valence-corrected chi connectivity index (χ2v) is 7.54. The summed E-state index contributed by atoms with van der Waals surface area (Å²) in [5, 5.41) is 3.01. The Morgan fingerprint density at radius 3 is 2.69 bits per heavy atom. The molecule has 0 radical (unpaired) electrons. The Morgan fingerprint density at radius 2 is 1.90 bits per heavy atom. The van der Waals surface area contributed by atoms with Crippen molar-refractivity contribution in [3.8, 4) is 0 Å². The van der Waals surface area contributed by atoms with E-state index in [2.05, 4.69) is 16.3 Å². The van der Waals surface area contributed by atoms with Crippen LogP contribution in [-0.4, -0.2) is 49.6 Å². The van der Waals surface area contributed by atoms with Crippen LogP contribution < -0.4 is 10.2 Å². The van der Waals surface area contributed by atoms with Crippen LogP contribution in [-0.2, 0) is 22.5 Å². The predicted molar refractivity (Wildman–Crippen MR) is 113 cm³/mol. The van der Waals surface area contributed by atoms with Crippen LogP contribution in [0.4, 0.5) is 11.4 Å². The van der Waals surface area contributed by atoms with Crippen molar-refractivity contribution in [3.05, 3.63) is 59.2 Å². The van der Waals surface area contributed by atoms with Gasteiger partial charge in [-0.1, -0.05) is 19.1 Å². The maximum atomic E-state index is 12.8. The first-order valence-corrected chi connectivity index (χ1v) is 10.3. The Bertz CT molecular complexity index is 906. The topological polar surface area (TPSA) is 61.9 Å². The van der Waals surface area contributed by atoms with E-state index in [0.29, 0.717) is 18.5 Å². The van der Waals surface area contributed by atoms with Gasteiger partial charge in [0.1, 0.15) is 0 Å². The summed E-state index contributed by atoms with van der Waals surface area (Å²) >= 11 is 0. The number of carbonyl (C=O) groups excluding carboxylic acids is 2. The minimum atomic E-state index is -0.128. The largest absolute Gasteiger partial charge is 0.379 e. The van der Waals surface area contributed by atoms with Crippen molar-refractivity contribution in [1.82, 2.24) is 4.90 Å². The summed E-state index contributed by atoms with van der Waals surface area (Å²) in [5.41, 5.74) is 4.57. The van der Waals surface area contributed by atoms with Gasteiger partial charge in [0.15, 0.2) is 0 Å². The third-order valence-corrected chi connectivity index (χ3v) is 5.54. The lowest BCUT2D eigenvalue weighted by Crippen LogP contribution is -2.35. The maximum absolute atomic E-state index is 12.8. The maximum Gasteiger partial charge on any atom is 0.255 e. The zero-order chi connectivity index (χ0) is 20.2. The fourth-order valence-electron chi connectivity index (χ4n) is 3.96. The van der Waals surface area contributed by atoms with E-state index < -0.39 is 0 Å². The standard InChI is InChI=1S/C23H27N3O3/c1-2-22(27)26-9-8-18-15-19(6-7-21(18)26)23(28)24-20-5-3-4-17(14-20)16-25-10-12-29-13-11-25/h3-7,14-15H,2,8-13,16H2,1H3,(H,24,28). The van der Waals surface area contributed by atoms with E-state index in [4.69, 9.17) is 4.74 Å². The highest BCUT2D eigenvalue weighted by atomic mass is 16.5. The van der Waals surface area contributed by atoms with Crippen molar-refractivity contribution in [2.45, 2.75) is 26.3 Å². The Labute approximate surface area is 171 Å². The van der Waals surface area contributed by atoms with Crippen LogP contribution in [0.3, 0.4) is 0 Å². The number of benzene rings is 2. The van der Waals surface area contributed by atoms with Crippen LogP contribution in [0.1, 0.15) is 34.8 Å². The SMILES string of the molecule is CCC(=O)N1CCc2cc(C(=O)Nc3cccc(CN4CCOCC4)c3)ccc21. The number of hydrogen-bond donors (Lipinski definition) is 1. The molecule has 0 unspecified atom stereocenters. The van der Waals surface area contributed by atoms with Crippen molar-refractivity contribution in [1.29, 1.82) is 0 Å². The third-order valence-electron chi connectivity index (χ3n) is 5.54. The van der Waals surface area contributed by atoms with Gasteiger partial charge in [-0.05, 0) is 47.9 Å². The highest BCUT2D eigenvalue weighted by molar-refractivity contribution is 6.05. The molecule has 2 aromatic carbocycles. The lowest BCUT2D eigenvalue weighted by atomic mass is 10.1. The summed E-state index contributed by atoms with van der Waals surface area (Å²) in [4.78, 5) is 29.0. The van der Waals surface area contributed by atoms with E-state index in [-0.39, 0.29) is 11.8 Å². The molecule has 1 fully saturated rings.